The molecule has 108 valence electrons. The van der Waals surface area contributed by atoms with E-state index in [4.69, 9.17) is 0 Å². The van der Waals surface area contributed by atoms with Gasteiger partial charge in [-0.1, -0.05) is 59.3 Å². The quantitative estimate of drug-likeness (QED) is 0.633. The van der Waals surface area contributed by atoms with E-state index < -0.39 is 0 Å². The van der Waals surface area contributed by atoms with Crippen LogP contribution in [0.1, 0.15) is 85.0 Å². The first-order valence-corrected chi connectivity index (χ1v) is 8.39. The van der Waals surface area contributed by atoms with Crippen molar-refractivity contribution in [3.8, 4) is 0 Å². The Hall–Kier alpha value is -0.0400. The first-order chi connectivity index (χ1) is 8.71. The molecule has 1 rings (SSSR count). The van der Waals surface area contributed by atoms with Gasteiger partial charge >= 0.3 is 0 Å². The molecule has 0 radical (unpaired) electrons. The maximum atomic E-state index is 10.2. The van der Waals surface area contributed by atoms with E-state index in [1.165, 1.54) is 57.8 Å². The van der Waals surface area contributed by atoms with Crippen molar-refractivity contribution in [2.75, 3.05) is 0 Å². The molecule has 0 aromatic rings. The topological polar surface area (TPSA) is 20.2 Å². The van der Waals surface area contributed by atoms with Crippen LogP contribution in [0.4, 0.5) is 0 Å². The molecule has 1 saturated carbocycles. The van der Waals surface area contributed by atoms with E-state index >= 15 is 0 Å². The molecule has 0 aromatic carbocycles. The molecular formula is C17H34O. The molecule has 18 heavy (non-hydrogen) atoms. The van der Waals surface area contributed by atoms with Crippen LogP contribution in [-0.4, -0.2) is 11.2 Å². The van der Waals surface area contributed by atoms with E-state index in [0.717, 1.165) is 18.3 Å². The van der Waals surface area contributed by atoms with Gasteiger partial charge in [-0.15, -0.1) is 0 Å². The molecule has 0 saturated heterocycles. The zero-order valence-corrected chi connectivity index (χ0v) is 12.8. The predicted molar refractivity (Wildman–Crippen MR) is 79.7 cm³/mol. The van der Waals surface area contributed by atoms with Gasteiger partial charge in [-0.2, -0.15) is 0 Å². The summed E-state index contributed by atoms with van der Waals surface area (Å²) >= 11 is 0. The Morgan fingerprint density at radius 2 is 1.89 bits per heavy atom. The van der Waals surface area contributed by atoms with Crippen LogP contribution in [0.2, 0.25) is 0 Å². The number of aliphatic hydroxyl groups is 1. The standard InChI is InChI=1S/C17H34O/c1-4-7-9-14(6-3)12-16-13-15(8-5-2)10-11-17(16)18/h14-18H,4-13H2,1-3H3. The Kier molecular flexibility index (Phi) is 7.97. The highest BCUT2D eigenvalue weighted by Gasteiger charge is 2.29. The van der Waals surface area contributed by atoms with E-state index in [9.17, 15) is 5.11 Å². The second-order valence-corrected chi connectivity index (χ2v) is 6.45. The van der Waals surface area contributed by atoms with Crippen LogP contribution in [0.3, 0.4) is 0 Å². The number of rotatable bonds is 8. The highest BCUT2D eigenvalue weighted by molar-refractivity contribution is 4.81. The summed E-state index contributed by atoms with van der Waals surface area (Å²) in [6.45, 7) is 6.88. The monoisotopic (exact) mass is 254 g/mol. The highest BCUT2D eigenvalue weighted by atomic mass is 16.3. The van der Waals surface area contributed by atoms with E-state index in [0.29, 0.717) is 5.92 Å². The number of unbranched alkanes of at least 4 members (excludes halogenated alkanes) is 1. The third-order valence-electron chi connectivity index (χ3n) is 4.93. The third-order valence-corrected chi connectivity index (χ3v) is 4.93. The fourth-order valence-electron chi connectivity index (χ4n) is 3.68. The lowest BCUT2D eigenvalue weighted by Crippen LogP contribution is -2.30. The van der Waals surface area contributed by atoms with Crippen molar-refractivity contribution in [3.05, 3.63) is 0 Å². The van der Waals surface area contributed by atoms with Crippen LogP contribution < -0.4 is 0 Å². The molecule has 0 aromatic heterocycles. The second kappa shape index (κ2) is 8.96. The van der Waals surface area contributed by atoms with Gasteiger partial charge in [0, 0.05) is 0 Å². The Morgan fingerprint density at radius 3 is 2.50 bits per heavy atom. The summed E-state index contributed by atoms with van der Waals surface area (Å²) in [7, 11) is 0. The number of aliphatic hydroxyl groups excluding tert-OH is 1. The average molecular weight is 254 g/mol. The summed E-state index contributed by atoms with van der Waals surface area (Å²) in [5.74, 6) is 2.34. The van der Waals surface area contributed by atoms with Crippen LogP contribution >= 0.6 is 0 Å². The van der Waals surface area contributed by atoms with E-state index in [-0.39, 0.29) is 6.10 Å². The Balaban J connectivity index is 2.40. The van der Waals surface area contributed by atoms with Crippen LogP contribution in [0, 0.1) is 17.8 Å². The molecule has 4 atom stereocenters. The van der Waals surface area contributed by atoms with E-state index in [1.54, 1.807) is 0 Å². The van der Waals surface area contributed by atoms with Gasteiger partial charge in [0.2, 0.25) is 0 Å². The molecule has 1 nitrogen and oxygen atoms in total. The van der Waals surface area contributed by atoms with Crippen molar-refractivity contribution in [1.82, 2.24) is 0 Å². The number of hydrogen-bond acceptors (Lipinski definition) is 1. The Labute approximate surface area is 114 Å². The van der Waals surface area contributed by atoms with Crippen molar-refractivity contribution >= 4 is 0 Å². The molecule has 1 fully saturated rings. The normalized spacial score (nSPS) is 30.3. The van der Waals surface area contributed by atoms with Crippen LogP contribution in [0.5, 0.6) is 0 Å². The minimum atomic E-state index is -0.00576. The summed E-state index contributed by atoms with van der Waals surface area (Å²) in [6.07, 6.45) is 12.9. The summed E-state index contributed by atoms with van der Waals surface area (Å²) in [4.78, 5) is 0. The second-order valence-electron chi connectivity index (χ2n) is 6.45. The number of hydrogen-bond donors (Lipinski definition) is 1. The molecule has 1 aliphatic rings. The zero-order chi connectivity index (χ0) is 13.4. The maximum Gasteiger partial charge on any atom is 0.0568 e. The smallest absolute Gasteiger partial charge is 0.0568 e. The SMILES string of the molecule is CCCCC(CC)CC1CC(CCC)CCC1O. The lowest BCUT2D eigenvalue weighted by Gasteiger charge is -2.35. The van der Waals surface area contributed by atoms with Gasteiger partial charge in [0.1, 0.15) is 0 Å². The lowest BCUT2D eigenvalue weighted by atomic mass is 9.73. The van der Waals surface area contributed by atoms with Crippen LogP contribution in [-0.2, 0) is 0 Å². The first-order valence-electron chi connectivity index (χ1n) is 8.39. The summed E-state index contributed by atoms with van der Waals surface area (Å²) < 4.78 is 0. The molecule has 0 amide bonds. The maximum absolute atomic E-state index is 10.2. The molecule has 1 heteroatoms. The lowest BCUT2D eigenvalue weighted by molar-refractivity contribution is 0.0321. The zero-order valence-electron chi connectivity index (χ0n) is 12.8. The molecule has 0 heterocycles. The predicted octanol–water partition coefficient (Wildman–Crippen LogP) is 5.17. The van der Waals surface area contributed by atoms with Crippen LogP contribution in [0.25, 0.3) is 0 Å². The summed E-state index contributed by atoms with van der Waals surface area (Å²) in [5, 5.41) is 10.2. The van der Waals surface area contributed by atoms with Crippen molar-refractivity contribution in [1.29, 1.82) is 0 Å². The highest BCUT2D eigenvalue weighted by Crippen LogP contribution is 2.37. The molecule has 1 aliphatic carbocycles. The minimum absolute atomic E-state index is 0.00576. The Bertz CT molecular complexity index is 202. The van der Waals surface area contributed by atoms with Crippen molar-refractivity contribution in [2.45, 2.75) is 91.1 Å². The summed E-state index contributed by atoms with van der Waals surface area (Å²) in [5.41, 5.74) is 0. The molecule has 4 unspecified atom stereocenters. The molecule has 1 N–H and O–H groups in total. The van der Waals surface area contributed by atoms with Gasteiger partial charge in [-0.3, -0.25) is 0 Å². The largest absolute Gasteiger partial charge is 0.393 e. The average Bonchev–Trinajstić information content (AvgIpc) is 2.38. The van der Waals surface area contributed by atoms with Crippen molar-refractivity contribution in [2.24, 2.45) is 17.8 Å². The van der Waals surface area contributed by atoms with Gasteiger partial charge in [0.05, 0.1) is 6.10 Å². The molecular weight excluding hydrogens is 220 g/mol. The van der Waals surface area contributed by atoms with Crippen LogP contribution in [0.15, 0.2) is 0 Å². The van der Waals surface area contributed by atoms with Gasteiger partial charge in [-0.05, 0) is 43.4 Å². The molecule has 0 aliphatic heterocycles. The minimum Gasteiger partial charge on any atom is -0.393 e. The fraction of sp³-hybridized carbons (Fsp3) is 1.00. The Morgan fingerprint density at radius 1 is 1.11 bits per heavy atom. The van der Waals surface area contributed by atoms with Gasteiger partial charge in [0.15, 0.2) is 0 Å². The first kappa shape index (κ1) is 16.0. The fourth-order valence-corrected chi connectivity index (χ4v) is 3.68. The van der Waals surface area contributed by atoms with Crippen molar-refractivity contribution < 1.29 is 5.11 Å². The molecule has 0 bridgehead atoms. The van der Waals surface area contributed by atoms with E-state index in [1.807, 2.05) is 0 Å². The van der Waals surface area contributed by atoms with Gasteiger partial charge < -0.3 is 5.11 Å². The van der Waals surface area contributed by atoms with Crippen molar-refractivity contribution in [3.63, 3.8) is 0 Å². The van der Waals surface area contributed by atoms with Gasteiger partial charge in [0.25, 0.3) is 0 Å². The molecule has 0 spiro atoms. The van der Waals surface area contributed by atoms with E-state index in [2.05, 4.69) is 20.8 Å². The summed E-state index contributed by atoms with van der Waals surface area (Å²) in [6, 6.07) is 0. The third kappa shape index (κ3) is 5.30. The van der Waals surface area contributed by atoms with Gasteiger partial charge in [-0.25, -0.2) is 0 Å².